The lowest BCUT2D eigenvalue weighted by Gasteiger charge is -2.18. The lowest BCUT2D eigenvalue weighted by Crippen LogP contribution is -2.16. The van der Waals surface area contributed by atoms with Gasteiger partial charge in [-0.1, -0.05) is 18.2 Å². The number of para-hydroxylation sites is 1. The minimum absolute atomic E-state index is 0.214. The van der Waals surface area contributed by atoms with Crippen molar-refractivity contribution in [3.05, 3.63) is 35.5 Å². The van der Waals surface area contributed by atoms with Crippen LogP contribution in [0.3, 0.4) is 0 Å². The summed E-state index contributed by atoms with van der Waals surface area (Å²) < 4.78 is 0. The van der Waals surface area contributed by atoms with Crippen molar-refractivity contribution in [3.8, 4) is 0 Å². The van der Waals surface area contributed by atoms with Gasteiger partial charge in [0.15, 0.2) is 0 Å². The van der Waals surface area contributed by atoms with Crippen molar-refractivity contribution in [2.75, 3.05) is 0 Å². The fourth-order valence-corrected chi connectivity index (χ4v) is 2.45. The minimum atomic E-state index is 0.214. The number of fused-ring (bicyclic) bond motifs is 3. The second-order valence-electron chi connectivity index (χ2n) is 4.06. The first kappa shape index (κ1) is 8.06. The molecule has 0 fully saturated rings. The highest BCUT2D eigenvalue weighted by Gasteiger charge is 2.20. The van der Waals surface area contributed by atoms with Crippen LogP contribution < -0.4 is 5.73 Å². The number of aryl methyl sites for hydroxylation is 1. The topological polar surface area (TPSA) is 41.8 Å². The van der Waals surface area contributed by atoms with Crippen LogP contribution >= 0.6 is 0 Å². The zero-order valence-corrected chi connectivity index (χ0v) is 8.09. The van der Waals surface area contributed by atoms with E-state index in [1.54, 1.807) is 0 Å². The summed E-state index contributed by atoms with van der Waals surface area (Å²) in [5.41, 5.74) is 10.0. The highest BCUT2D eigenvalue weighted by Crippen LogP contribution is 2.32. The van der Waals surface area contributed by atoms with E-state index >= 15 is 0 Å². The van der Waals surface area contributed by atoms with E-state index in [0.717, 1.165) is 6.42 Å². The van der Waals surface area contributed by atoms with Crippen molar-refractivity contribution in [2.24, 2.45) is 5.73 Å². The summed E-state index contributed by atoms with van der Waals surface area (Å²) in [6.07, 6.45) is 3.50. The van der Waals surface area contributed by atoms with E-state index in [9.17, 15) is 0 Å². The van der Waals surface area contributed by atoms with Gasteiger partial charge in [-0.3, -0.25) is 0 Å². The highest BCUT2D eigenvalue weighted by atomic mass is 14.8. The van der Waals surface area contributed by atoms with Crippen LogP contribution in [-0.4, -0.2) is 4.98 Å². The molecule has 14 heavy (non-hydrogen) atoms. The summed E-state index contributed by atoms with van der Waals surface area (Å²) in [7, 11) is 0. The fraction of sp³-hybridized carbons (Fsp3) is 0.333. The molecule has 1 aromatic heterocycles. The second kappa shape index (κ2) is 2.85. The SMILES string of the molecule is N[C@@H]1CCCc2c1[nH]c1ccccc21. The summed E-state index contributed by atoms with van der Waals surface area (Å²) in [5.74, 6) is 0. The monoisotopic (exact) mass is 186 g/mol. The smallest absolute Gasteiger partial charge is 0.0459 e. The summed E-state index contributed by atoms with van der Waals surface area (Å²) >= 11 is 0. The van der Waals surface area contributed by atoms with Gasteiger partial charge < -0.3 is 10.7 Å². The van der Waals surface area contributed by atoms with Crippen molar-refractivity contribution in [3.63, 3.8) is 0 Å². The Morgan fingerprint density at radius 1 is 1.29 bits per heavy atom. The first-order valence-corrected chi connectivity index (χ1v) is 5.21. The third-order valence-electron chi connectivity index (χ3n) is 3.16. The maximum Gasteiger partial charge on any atom is 0.0459 e. The zero-order chi connectivity index (χ0) is 9.54. The van der Waals surface area contributed by atoms with E-state index in [1.165, 1.54) is 35.0 Å². The lowest BCUT2D eigenvalue weighted by molar-refractivity contribution is 0.562. The van der Waals surface area contributed by atoms with Gasteiger partial charge in [0, 0.05) is 22.6 Å². The molecular weight excluding hydrogens is 172 g/mol. The number of hydrogen-bond donors (Lipinski definition) is 2. The summed E-state index contributed by atoms with van der Waals surface area (Å²) in [5, 5.41) is 1.36. The molecule has 0 spiro atoms. The number of aromatic amines is 1. The molecule has 0 bridgehead atoms. The molecule has 1 aromatic carbocycles. The number of benzene rings is 1. The molecule has 1 heterocycles. The van der Waals surface area contributed by atoms with E-state index in [0.29, 0.717) is 0 Å². The van der Waals surface area contributed by atoms with Crippen LogP contribution in [-0.2, 0) is 6.42 Å². The van der Waals surface area contributed by atoms with Crippen LogP contribution in [0.1, 0.15) is 30.1 Å². The van der Waals surface area contributed by atoms with E-state index in [2.05, 4.69) is 29.2 Å². The van der Waals surface area contributed by atoms with Crippen LogP contribution in [0.2, 0.25) is 0 Å². The van der Waals surface area contributed by atoms with Crippen molar-refractivity contribution < 1.29 is 0 Å². The van der Waals surface area contributed by atoms with Gasteiger partial charge in [0.2, 0.25) is 0 Å². The Balaban J connectivity index is 2.32. The molecule has 72 valence electrons. The molecule has 2 nitrogen and oxygen atoms in total. The standard InChI is InChI=1S/C12H14N2/c13-10-6-3-5-9-8-4-1-2-7-11(8)14-12(9)10/h1-2,4,7,10,14H,3,5-6,13H2/t10-/m1/s1. The Bertz CT molecular complexity index is 470. The van der Waals surface area contributed by atoms with Gasteiger partial charge in [0.25, 0.3) is 0 Å². The third-order valence-corrected chi connectivity index (χ3v) is 3.16. The molecule has 0 aliphatic heterocycles. The molecular formula is C12H14N2. The largest absolute Gasteiger partial charge is 0.357 e. The van der Waals surface area contributed by atoms with Gasteiger partial charge >= 0.3 is 0 Å². The average molecular weight is 186 g/mol. The van der Waals surface area contributed by atoms with Crippen molar-refractivity contribution in [1.29, 1.82) is 0 Å². The first-order chi connectivity index (χ1) is 6.86. The van der Waals surface area contributed by atoms with E-state index in [1.807, 2.05) is 0 Å². The first-order valence-electron chi connectivity index (χ1n) is 5.21. The molecule has 3 rings (SSSR count). The van der Waals surface area contributed by atoms with E-state index in [4.69, 9.17) is 5.73 Å². The van der Waals surface area contributed by atoms with Gasteiger partial charge in [-0.05, 0) is 30.9 Å². The molecule has 0 saturated heterocycles. The predicted octanol–water partition coefficient (Wildman–Crippen LogP) is 2.50. The molecule has 1 aliphatic rings. The summed E-state index contributed by atoms with van der Waals surface area (Å²) in [6.45, 7) is 0. The maximum atomic E-state index is 6.08. The van der Waals surface area contributed by atoms with Crippen molar-refractivity contribution in [2.45, 2.75) is 25.3 Å². The Morgan fingerprint density at radius 3 is 3.07 bits per heavy atom. The molecule has 0 radical (unpaired) electrons. The number of nitrogens with one attached hydrogen (secondary N) is 1. The molecule has 0 amide bonds. The van der Waals surface area contributed by atoms with Crippen LogP contribution in [0.25, 0.3) is 10.9 Å². The van der Waals surface area contributed by atoms with Gasteiger partial charge in [0.05, 0.1) is 0 Å². The van der Waals surface area contributed by atoms with Crippen LogP contribution in [0.5, 0.6) is 0 Å². The normalized spacial score (nSPS) is 21.1. The summed E-state index contributed by atoms with van der Waals surface area (Å²) in [6, 6.07) is 8.68. The van der Waals surface area contributed by atoms with Crippen LogP contribution in [0, 0.1) is 0 Å². The molecule has 0 unspecified atom stereocenters. The molecule has 1 atom stereocenters. The maximum absolute atomic E-state index is 6.08. The van der Waals surface area contributed by atoms with Crippen molar-refractivity contribution in [1.82, 2.24) is 4.98 Å². The highest BCUT2D eigenvalue weighted by molar-refractivity contribution is 5.85. The zero-order valence-electron chi connectivity index (χ0n) is 8.09. The minimum Gasteiger partial charge on any atom is -0.357 e. The molecule has 2 aromatic rings. The molecule has 0 saturated carbocycles. The Morgan fingerprint density at radius 2 is 2.14 bits per heavy atom. The number of aromatic nitrogens is 1. The number of hydrogen-bond acceptors (Lipinski definition) is 1. The number of nitrogens with two attached hydrogens (primary N) is 1. The number of rotatable bonds is 0. The van der Waals surface area contributed by atoms with Crippen LogP contribution in [0.15, 0.2) is 24.3 Å². The molecule has 2 heteroatoms. The quantitative estimate of drug-likeness (QED) is 0.652. The van der Waals surface area contributed by atoms with Crippen LogP contribution in [0.4, 0.5) is 0 Å². The van der Waals surface area contributed by atoms with Gasteiger partial charge in [-0.25, -0.2) is 0 Å². The predicted molar refractivity (Wildman–Crippen MR) is 58.2 cm³/mol. The molecule has 1 aliphatic carbocycles. The van der Waals surface area contributed by atoms with Gasteiger partial charge in [-0.2, -0.15) is 0 Å². The second-order valence-corrected chi connectivity index (χ2v) is 4.06. The third kappa shape index (κ3) is 1.01. The lowest BCUT2D eigenvalue weighted by atomic mass is 9.92. The summed E-state index contributed by atoms with van der Waals surface area (Å²) in [4.78, 5) is 3.44. The Hall–Kier alpha value is -1.28. The van der Waals surface area contributed by atoms with E-state index in [-0.39, 0.29) is 6.04 Å². The van der Waals surface area contributed by atoms with E-state index < -0.39 is 0 Å². The Labute approximate surface area is 83.1 Å². The van der Waals surface area contributed by atoms with Gasteiger partial charge in [0.1, 0.15) is 0 Å². The average Bonchev–Trinajstić information content (AvgIpc) is 2.59. The van der Waals surface area contributed by atoms with Gasteiger partial charge in [-0.15, -0.1) is 0 Å². The Kier molecular flexibility index (Phi) is 1.64. The molecule has 3 N–H and O–H groups in total. The fourth-order valence-electron chi connectivity index (χ4n) is 2.45. The van der Waals surface area contributed by atoms with Crippen molar-refractivity contribution >= 4 is 10.9 Å². The number of H-pyrrole nitrogens is 1.